The lowest BCUT2D eigenvalue weighted by Gasteiger charge is -2.32. The molecule has 1 heterocycles. The van der Waals surface area contributed by atoms with E-state index in [4.69, 9.17) is 5.73 Å². The van der Waals surface area contributed by atoms with Crippen molar-refractivity contribution in [3.05, 3.63) is 27.1 Å². The van der Waals surface area contributed by atoms with Crippen LogP contribution in [0.15, 0.2) is 27.1 Å². The third kappa shape index (κ3) is 4.95. The van der Waals surface area contributed by atoms with Gasteiger partial charge in [0.15, 0.2) is 0 Å². The van der Waals surface area contributed by atoms with Gasteiger partial charge in [0.1, 0.15) is 0 Å². The van der Waals surface area contributed by atoms with E-state index in [2.05, 4.69) is 55.0 Å². The van der Waals surface area contributed by atoms with Gasteiger partial charge in [-0.25, -0.2) is 0 Å². The van der Waals surface area contributed by atoms with Crippen LogP contribution in [-0.2, 0) is 0 Å². The second-order valence-corrected chi connectivity index (χ2v) is 5.78. The molecule has 1 saturated heterocycles. The van der Waals surface area contributed by atoms with Crippen molar-refractivity contribution in [1.82, 2.24) is 0 Å². The molecule has 2 nitrogen and oxygen atoms in total. The van der Waals surface area contributed by atoms with Crippen molar-refractivity contribution in [1.29, 1.82) is 0 Å². The molecule has 1 fully saturated rings. The highest BCUT2D eigenvalue weighted by molar-refractivity contribution is 9.11. The zero-order valence-electron chi connectivity index (χ0n) is 9.23. The largest absolute Gasteiger partial charge is 0.371 e. The third-order valence-electron chi connectivity index (χ3n) is 2.75. The molecule has 1 aliphatic rings. The first-order chi connectivity index (χ1) is 7.15. The average Bonchev–Trinajstić information content (AvgIpc) is 2.17. The molecular weight excluding hydrogens is 391 g/mol. The highest BCUT2D eigenvalue weighted by Gasteiger charge is 2.16. The zero-order chi connectivity index (χ0) is 10.8. The standard InChI is InChI=1S/C11H14Br2N2.2ClH/c12-8-5-9(13)7-11(6-8)15-3-1-10(14)2-4-15;;/h5-7,10H,1-4,14H2;2*1H. The minimum absolute atomic E-state index is 0. The van der Waals surface area contributed by atoms with Crippen molar-refractivity contribution in [3.8, 4) is 0 Å². The minimum atomic E-state index is 0. The molecule has 0 amide bonds. The minimum Gasteiger partial charge on any atom is -0.371 e. The number of hydrogen-bond acceptors (Lipinski definition) is 2. The van der Waals surface area contributed by atoms with Gasteiger partial charge in [0.25, 0.3) is 0 Å². The Morgan fingerprint density at radius 1 is 1.00 bits per heavy atom. The molecule has 0 atom stereocenters. The summed E-state index contributed by atoms with van der Waals surface area (Å²) in [5.74, 6) is 0. The van der Waals surface area contributed by atoms with E-state index < -0.39 is 0 Å². The number of piperidine rings is 1. The van der Waals surface area contributed by atoms with Gasteiger partial charge in [-0.2, -0.15) is 0 Å². The SMILES string of the molecule is Cl.Cl.NC1CCN(c2cc(Br)cc(Br)c2)CC1. The second-order valence-electron chi connectivity index (χ2n) is 3.95. The van der Waals surface area contributed by atoms with E-state index in [-0.39, 0.29) is 24.8 Å². The highest BCUT2D eigenvalue weighted by Crippen LogP contribution is 2.27. The Morgan fingerprint density at radius 2 is 1.47 bits per heavy atom. The highest BCUT2D eigenvalue weighted by atomic mass is 79.9. The van der Waals surface area contributed by atoms with Crippen LogP contribution in [0.2, 0.25) is 0 Å². The molecule has 6 heteroatoms. The van der Waals surface area contributed by atoms with Gasteiger partial charge in [-0.15, -0.1) is 24.8 Å². The molecule has 0 aromatic heterocycles. The monoisotopic (exact) mass is 404 g/mol. The van der Waals surface area contributed by atoms with Crippen LogP contribution in [0, 0.1) is 0 Å². The molecule has 0 bridgehead atoms. The van der Waals surface area contributed by atoms with Crippen molar-refractivity contribution in [2.24, 2.45) is 5.73 Å². The topological polar surface area (TPSA) is 29.3 Å². The zero-order valence-corrected chi connectivity index (χ0v) is 14.0. The number of anilines is 1. The molecule has 2 N–H and O–H groups in total. The Hall–Kier alpha value is 0.520. The lowest BCUT2D eigenvalue weighted by Crippen LogP contribution is -2.39. The molecule has 1 aromatic carbocycles. The van der Waals surface area contributed by atoms with Crippen molar-refractivity contribution in [3.63, 3.8) is 0 Å². The maximum Gasteiger partial charge on any atom is 0.0388 e. The van der Waals surface area contributed by atoms with E-state index in [1.807, 2.05) is 0 Å². The Bertz CT molecular complexity index is 335. The van der Waals surface area contributed by atoms with Gasteiger partial charge in [-0.05, 0) is 31.0 Å². The van der Waals surface area contributed by atoms with Crippen LogP contribution in [0.4, 0.5) is 5.69 Å². The first kappa shape index (κ1) is 17.5. The van der Waals surface area contributed by atoms with Crippen LogP contribution in [0.3, 0.4) is 0 Å². The number of rotatable bonds is 1. The first-order valence-electron chi connectivity index (χ1n) is 5.12. The molecule has 0 aliphatic carbocycles. The molecule has 0 saturated carbocycles. The molecule has 0 spiro atoms. The number of halogens is 4. The number of hydrogen-bond donors (Lipinski definition) is 1. The van der Waals surface area contributed by atoms with Gasteiger partial charge in [0, 0.05) is 33.8 Å². The number of benzene rings is 1. The van der Waals surface area contributed by atoms with Gasteiger partial charge >= 0.3 is 0 Å². The fourth-order valence-corrected chi connectivity index (χ4v) is 3.15. The fraction of sp³-hybridized carbons (Fsp3) is 0.455. The number of nitrogens with two attached hydrogens (primary N) is 1. The molecule has 0 radical (unpaired) electrons. The summed E-state index contributed by atoms with van der Waals surface area (Å²) in [6.45, 7) is 2.12. The molecule has 98 valence electrons. The van der Waals surface area contributed by atoms with Crippen molar-refractivity contribution < 1.29 is 0 Å². The maximum absolute atomic E-state index is 5.89. The smallest absolute Gasteiger partial charge is 0.0388 e. The van der Waals surface area contributed by atoms with Crippen molar-refractivity contribution in [2.75, 3.05) is 18.0 Å². The van der Waals surface area contributed by atoms with Crippen LogP contribution < -0.4 is 10.6 Å². The summed E-state index contributed by atoms with van der Waals surface area (Å²) < 4.78 is 2.23. The predicted molar refractivity (Wildman–Crippen MR) is 85.8 cm³/mol. The summed E-state index contributed by atoms with van der Waals surface area (Å²) in [6, 6.07) is 6.75. The second kappa shape index (κ2) is 7.85. The average molecular weight is 407 g/mol. The molecule has 17 heavy (non-hydrogen) atoms. The van der Waals surface area contributed by atoms with E-state index in [0.717, 1.165) is 34.9 Å². The summed E-state index contributed by atoms with van der Waals surface area (Å²) in [5, 5.41) is 0. The Balaban J connectivity index is 0.00000128. The predicted octanol–water partition coefficient (Wildman–Crippen LogP) is 3.98. The summed E-state index contributed by atoms with van der Waals surface area (Å²) in [4.78, 5) is 2.39. The van der Waals surface area contributed by atoms with E-state index in [9.17, 15) is 0 Å². The molecule has 0 unspecified atom stereocenters. The first-order valence-corrected chi connectivity index (χ1v) is 6.70. The summed E-state index contributed by atoms with van der Waals surface area (Å²) in [6.07, 6.45) is 2.17. The van der Waals surface area contributed by atoms with Crippen LogP contribution >= 0.6 is 56.7 Å². The van der Waals surface area contributed by atoms with Crippen molar-refractivity contribution in [2.45, 2.75) is 18.9 Å². The van der Waals surface area contributed by atoms with E-state index >= 15 is 0 Å². The quantitative estimate of drug-likeness (QED) is 0.764. The van der Waals surface area contributed by atoms with E-state index in [1.165, 1.54) is 5.69 Å². The van der Waals surface area contributed by atoms with Crippen LogP contribution in [-0.4, -0.2) is 19.1 Å². The molecule has 2 rings (SSSR count). The molecule has 1 aliphatic heterocycles. The van der Waals surface area contributed by atoms with Crippen LogP contribution in [0.1, 0.15) is 12.8 Å². The van der Waals surface area contributed by atoms with Crippen molar-refractivity contribution >= 4 is 62.4 Å². The van der Waals surface area contributed by atoms with Gasteiger partial charge in [0.05, 0.1) is 0 Å². The molecule has 1 aromatic rings. The van der Waals surface area contributed by atoms with E-state index in [0.29, 0.717) is 6.04 Å². The Morgan fingerprint density at radius 3 is 1.94 bits per heavy atom. The van der Waals surface area contributed by atoms with Gasteiger partial charge in [-0.3, -0.25) is 0 Å². The fourth-order valence-electron chi connectivity index (χ4n) is 1.88. The summed E-state index contributed by atoms with van der Waals surface area (Å²) in [5.41, 5.74) is 7.16. The van der Waals surface area contributed by atoms with Gasteiger partial charge in [-0.1, -0.05) is 31.9 Å². The lowest BCUT2D eigenvalue weighted by atomic mass is 10.1. The van der Waals surface area contributed by atoms with Crippen LogP contribution in [0.5, 0.6) is 0 Å². The van der Waals surface area contributed by atoms with E-state index in [1.54, 1.807) is 0 Å². The lowest BCUT2D eigenvalue weighted by molar-refractivity contribution is 0.501. The summed E-state index contributed by atoms with van der Waals surface area (Å²) >= 11 is 7.02. The van der Waals surface area contributed by atoms with Gasteiger partial charge in [0.2, 0.25) is 0 Å². The number of nitrogens with zero attached hydrogens (tertiary/aromatic N) is 1. The normalized spacial score (nSPS) is 16.1. The Kier molecular flexibility index (Phi) is 8.09. The Labute approximate surface area is 131 Å². The summed E-state index contributed by atoms with van der Waals surface area (Å²) in [7, 11) is 0. The molecular formula is C11H16Br2Cl2N2. The maximum atomic E-state index is 5.89. The van der Waals surface area contributed by atoms with Gasteiger partial charge < -0.3 is 10.6 Å². The van der Waals surface area contributed by atoms with Crippen LogP contribution in [0.25, 0.3) is 0 Å². The third-order valence-corrected chi connectivity index (χ3v) is 3.67.